The zero-order valence-electron chi connectivity index (χ0n) is 13.2. The summed E-state index contributed by atoms with van der Waals surface area (Å²) in [6.45, 7) is 4.30. The van der Waals surface area contributed by atoms with Crippen LogP contribution in [-0.4, -0.2) is 24.9 Å². The predicted octanol–water partition coefficient (Wildman–Crippen LogP) is 3.62. The molecule has 3 nitrogen and oxygen atoms in total. The summed E-state index contributed by atoms with van der Waals surface area (Å²) in [5.41, 5.74) is 3.52. The molecule has 0 saturated heterocycles. The second-order valence-electron chi connectivity index (χ2n) is 5.63. The number of aliphatic hydroxyl groups excluding tert-OH is 1. The molecule has 118 valence electrons. The van der Waals surface area contributed by atoms with Crippen LogP contribution in [0.2, 0.25) is 0 Å². The molecular formula is C19H25NO2. The molecule has 22 heavy (non-hydrogen) atoms. The van der Waals surface area contributed by atoms with Crippen LogP contribution in [0.5, 0.6) is 0 Å². The number of nitrogens with one attached hydrogen (secondary N) is 1. The average molecular weight is 299 g/mol. The van der Waals surface area contributed by atoms with Crippen LogP contribution in [0.1, 0.15) is 17.5 Å². The van der Waals surface area contributed by atoms with E-state index >= 15 is 0 Å². The molecule has 0 aliphatic rings. The first kappa shape index (κ1) is 16.5. The van der Waals surface area contributed by atoms with Gasteiger partial charge in [-0.15, -0.1) is 0 Å². The molecular weight excluding hydrogens is 274 g/mol. The molecule has 3 heteroatoms. The van der Waals surface area contributed by atoms with Crippen LogP contribution in [-0.2, 0) is 11.3 Å². The molecule has 0 unspecified atom stereocenters. The number of aliphatic hydroxyl groups is 1. The number of anilines is 1. The largest absolute Gasteiger partial charge is 0.396 e. The first-order valence-electron chi connectivity index (χ1n) is 7.81. The third-order valence-corrected chi connectivity index (χ3v) is 3.65. The number of hydrogen-bond acceptors (Lipinski definition) is 3. The summed E-state index contributed by atoms with van der Waals surface area (Å²) in [6, 6.07) is 18.4. The van der Waals surface area contributed by atoms with Crippen molar-refractivity contribution in [1.29, 1.82) is 0 Å². The summed E-state index contributed by atoms with van der Waals surface area (Å²) < 4.78 is 5.68. The van der Waals surface area contributed by atoms with Gasteiger partial charge in [-0.3, -0.25) is 0 Å². The summed E-state index contributed by atoms with van der Waals surface area (Å²) >= 11 is 0. The molecule has 0 aromatic heterocycles. The van der Waals surface area contributed by atoms with E-state index in [1.165, 1.54) is 11.1 Å². The molecule has 0 radical (unpaired) electrons. The van der Waals surface area contributed by atoms with Gasteiger partial charge in [0.05, 0.1) is 6.61 Å². The van der Waals surface area contributed by atoms with Gasteiger partial charge in [0.25, 0.3) is 0 Å². The highest BCUT2D eigenvalue weighted by molar-refractivity contribution is 5.45. The Bertz CT molecular complexity index is 542. The Morgan fingerprint density at radius 1 is 1.09 bits per heavy atom. The fraction of sp³-hybridized carbons (Fsp3) is 0.368. The minimum atomic E-state index is 0.174. The van der Waals surface area contributed by atoms with Crippen LogP contribution in [0.3, 0.4) is 0 Å². The molecule has 2 N–H and O–H groups in total. The van der Waals surface area contributed by atoms with Crippen LogP contribution in [0, 0.1) is 12.8 Å². The molecule has 1 atom stereocenters. The van der Waals surface area contributed by atoms with Crippen molar-refractivity contribution in [1.82, 2.24) is 0 Å². The van der Waals surface area contributed by atoms with Gasteiger partial charge >= 0.3 is 0 Å². The van der Waals surface area contributed by atoms with E-state index in [9.17, 15) is 5.11 Å². The van der Waals surface area contributed by atoms with Gasteiger partial charge in [-0.25, -0.2) is 0 Å². The molecule has 0 saturated carbocycles. The summed E-state index contributed by atoms with van der Waals surface area (Å²) in [4.78, 5) is 0. The fourth-order valence-electron chi connectivity index (χ4n) is 2.29. The smallest absolute Gasteiger partial charge is 0.0716 e. The standard InChI is InChI=1S/C19H25NO2/c1-16-6-5-9-19(12-16)20-13-18(14-21)10-11-22-15-17-7-3-2-4-8-17/h2-9,12,18,20-21H,10-11,13-15H2,1H3/t18-/m0/s1. The van der Waals surface area contributed by atoms with Crippen molar-refractivity contribution >= 4 is 5.69 Å². The zero-order chi connectivity index (χ0) is 15.6. The Kier molecular flexibility index (Phi) is 6.94. The Hall–Kier alpha value is -1.84. The lowest BCUT2D eigenvalue weighted by atomic mass is 10.1. The third-order valence-electron chi connectivity index (χ3n) is 3.65. The lowest BCUT2D eigenvalue weighted by Crippen LogP contribution is -2.19. The lowest BCUT2D eigenvalue weighted by molar-refractivity contribution is 0.0974. The zero-order valence-corrected chi connectivity index (χ0v) is 13.2. The average Bonchev–Trinajstić information content (AvgIpc) is 2.55. The Labute approximate surface area is 133 Å². The van der Waals surface area contributed by atoms with Gasteiger partial charge in [-0.2, -0.15) is 0 Å². The van der Waals surface area contributed by atoms with E-state index in [1.807, 2.05) is 30.3 Å². The molecule has 0 fully saturated rings. The summed E-state index contributed by atoms with van der Waals surface area (Å²) in [5.74, 6) is 0.205. The summed E-state index contributed by atoms with van der Waals surface area (Å²) in [7, 11) is 0. The maximum Gasteiger partial charge on any atom is 0.0716 e. The number of aryl methyl sites for hydroxylation is 1. The van der Waals surface area contributed by atoms with Crippen molar-refractivity contribution in [2.75, 3.05) is 25.1 Å². The Balaban J connectivity index is 1.66. The highest BCUT2D eigenvalue weighted by Gasteiger charge is 2.07. The molecule has 0 aliphatic carbocycles. The maximum atomic E-state index is 9.48. The molecule has 0 spiro atoms. The highest BCUT2D eigenvalue weighted by atomic mass is 16.5. The van der Waals surface area contributed by atoms with Crippen molar-refractivity contribution in [2.45, 2.75) is 20.0 Å². The number of benzene rings is 2. The van der Waals surface area contributed by atoms with Gasteiger partial charge in [0, 0.05) is 31.4 Å². The monoisotopic (exact) mass is 299 g/mol. The topological polar surface area (TPSA) is 41.5 Å². The highest BCUT2D eigenvalue weighted by Crippen LogP contribution is 2.12. The van der Waals surface area contributed by atoms with Crippen LogP contribution in [0.4, 0.5) is 5.69 Å². The summed E-state index contributed by atoms with van der Waals surface area (Å²) in [6.07, 6.45) is 0.849. The van der Waals surface area contributed by atoms with E-state index in [1.54, 1.807) is 0 Å². The van der Waals surface area contributed by atoms with E-state index < -0.39 is 0 Å². The molecule has 2 rings (SSSR count). The molecule has 2 aromatic rings. The first-order valence-corrected chi connectivity index (χ1v) is 7.81. The van der Waals surface area contributed by atoms with Gasteiger partial charge in [0.15, 0.2) is 0 Å². The fourth-order valence-corrected chi connectivity index (χ4v) is 2.29. The Morgan fingerprint density at radius 2 is 1.91 bits per heavy atom. The van der Waals surface area contributed by atoms with E-state index in [4.69, 9.17) is 4.74 Å². The van der Waals surface area contributed by atoms with Crippen LogP contribution in [0.15, 0.2) is 54.6 Å². The molecule has 2 aromatic carbocycles. The van der Waals surface area contributed by atoms with Crippen molar-refractivity contribution < 1.29 is 9.84 Å². The van der Waals surface area contributed by atoms with Crippen LogP contribution in [0.25, 0.3) is 0 Å². The first-order chi connectivity index (χ1) is 10.8. The quantitative estimate of drug-likeness (QED) is 0.695. The van der Waals surface area contributed by atoms with Crippen molar-refractivity contribution in [3.05, 3.63) is 65.7 Å². The molecule has 0 amide bonds. The van der Waals surface area contributed by atoms with E-state index in [0.29, 0.717) is 13.2 Å². The lowest BCUT2D eigenvalue weighted by Gasteiger charge is -2.16. The predicted molar refractivity (Wildman–Crippen MR) is 91.0 cm³/mol. The maximum absolute atomic E-state index is 9.48. The third kappa shape index (κ3) is 5.88. The minimum Gasteiger partial charge on any atom is -0.396 e. The van der Waals surface area contributed by atoms with Crippen LogP contribution >= 0.6 is 0 Å². The molecule has 0 bridgehead atoms. The minimum absolute atomic E-state index is 0.174. The van der Waals surface area contributed by atoms with Crippen LogP contribution < -0.4 is 5.32 Å². The number of rotatable bonds is 9. The number of ether oxygens (including phenoxy) is 1. The second-order valence-corrected chi connectivity index (χ2v) is 5.63. The normalized spacial score (nSPS) is 12.1. The molecule has 0 heterocycles. The molecule has 0 aliphatic heterocycles. The van der Waals surface area contributed by atoms with Gasteiger partial charge in [-0.05, 0) is 36.6 Å². The van der Waals surface area contributed by atoms with Gasteiger partial charge in [0.2, 0.25) is 0 Å². The summed E-state index contributed by atoms with van der Waals surface area (Å²) in [5, 5.41) is 12.9. The van der Waals surface area contributed by atoms with Gasteiger partial charge in [-0.1, -0.05) is 42.5 Å². The van der Waals surface area contributed by atoms with Gasteiger partial charge < -0.3 is 15.2 Å². The SMILES string of the molecule is Cc1cccc(NC[C@@H](CO)CCOCc2ccccc2)c1. The van der Waals surface area contributed by atoms with Gasteiger partial charge in [0.1, 0.15) is 0 Å². The van der Waals surface area contributed by atoms with Crippen molar-refractivity contribution in [3.63, 3.8) is 0 Å². The van der Waals surface area contributed by atoms with E-state index in [0.717, 1.165) is 18.7 Å². The second kappa shape index (κ2) is 9.23. The Morgan fingerprint density at radius 3 is 2.64 bits per heavy atom. The van der Waals surface area contributed by atoms with E-state index in [2.05, 4.69) is 36.5 Å². The van der Waals surface area contributed by atoms with Crippen molar-refractivity contribution in [2.24, 2.45) is 5.92 Å². The number of hydrogen-bond donors (Lipinski definition) is 2. The van der Waals surface area contributed by atoms with Crippen molar-refractivity contribution in [3.8, 4) is 0 Å². The van der Waals surface area contributed by atoms with E-state index in [-0.39, 0.29) is 12.5 Å².